The molecule has 2 atom stereocenters. The second-order valence-corrected chi connectivity index (χ2v) is 6.21. The van der Waals surface area contributed by atoms with E-state index in [1.165, 1.54) is 0 Å². The summed E-state index contributed by atoms with van der Waals surface area (Å²) in [5, 5.41) is -0.280. The first-order valence-electron chi connectivity index (χ1n) is 4.42. The van der Waals surface area contributed by atoms with Crippen molar-refractivity contribution in [1.82, 2.24) is 0 Å². The van der Waals surface area contributed by atoms with Crippen LogP contribution in [0.5, 0.6) is 0 Å². The summed E-state index contributed by atoms with van der Waals surface area (Å²) in [6, 6.07) is -0.183. The molecule has 0 amide bonds. The summed E-state index contributed by atoms with van der Waals surface area (Å²) in [5.41, 5.74) is 5.82. The normalized spacial score (nSPS) is 30.8. The van der Waals surface area contributed by atoms with Gasteiger partial charge in [0.1, 0.15) is 0 Å². The predicted molar refractivity (Wildman–Crippen MR) is 49.6 cm³/mol. The van der Waals surface area contributed by atoms with E-state index in [0.29, 0.717) is 5.75 Å². The SMILES string of the molecule is CC(C)[C@H](N)C1CCCS1(=O)=O. The van der Waals surface area contributed by atoms with Gasteiger partial charge in [-0.05, 0) is 18.8 Å². The Labute approximate surface area is 74.3 Å². The van der Waals surface area contributed by atoms with Crippen molar-refractivity contribution >= 4 is 9.84 Å². The molecule has 1 heterocycles. The minimum atomic E-state index is -2.86. The van der Waals surface area contributed by atoms with Crippen LogP contribution in [0.15, 0.2) is 0 Å². The monoisotopic (exact) mass is 191 g/mol. The zero-order chi connectivity index (χ0) is 9.35. The standard InChI is InChI=1S/C8H17NO2S/c1-6(2)8(9)7-4-3-5-12(7,10)11/h6-8H,3-5,9H2,1-2H3/t7?,8-/m0/s1. The van der Waals surface area contributed by atoms with Crippen LogP contribution < -0.4 is 5.73 Å². The van der Waals surface area contributed by atoms with Crippen molar-refractivity contribution in [2.45, 2.75) is 38.0 Å². The van der Waals surface area contributed by atoms with E-state index in [1.807, 2.05) is 13.8 Å². The Kier molecular flexibility index (Phi) is 2.78. The second-order valence-electron chi connectivity index (χ2n) is 3.87. The molecule has 0 spiro atoms. The van der Waals surface area contributed by atoms with Crippen LogP contribution in [0, 0.1) is 5.92 Å². The summed E-state index contributed by atoms with van der Waals surface area (Å²) < 4.78 is 22.9. The molecule has 0 aromatic rings. The molecule has 0 bridgehead atoms. The summed E-state index contributed by atoms with van der Waals surface area (Å²) in [6.07, 6.45) is 1.54. The van der Waals surface area contributed by atoms with Gasteiger partial charge in [-0.15, -0.1) is 0 Å². The summed E-state index contributed by atoms with van der Waals surface area (Å²) in [6.45, 7) is 3.94. The van der Waals surface area contributed by atoms with Crippen molar-refractivity contribution in [3.63, 3.8) is 0 Å². The van der Waals surface area contributed by atoms with Crippen LogP contribution in [0.3, 0.4) is 0 Å². The van der Waals surface area contributed by atoms with Gasteiger partial charge in [0.2, 0.25) is 0 Å². The molecule has 1 fully saturated rings. The molecule has 4 heteroatoms. The van der Waals surface area contributed by atoms with Crippen molar-refractivity contribution in [2.24, 2.45) is 11.7 Å². The molecule has 3 nitrogen and oxygen atoms in total. The Bertz CT molecular complexity index is 246. The zero-order valence-electron chi connectivity index (χ0n) is 7.66. The minimum absolute atomic E-state index is 0.183. The van der Waals surface area contributed by atoms with Crippen LogP contribution in [0.4, 0.5) is 0 Å². The maximum Gasteiger partial charge on any atom is 0.154 e. The quantitative estimate of drug-likeness (QED) is 0.693. The van der Waals surface area contributed by atoms with Gasteiger partial charge in [0.15, 0.2) is 9.84 Å². The molecule has 0 saturated carbocycles. The van der Waals surface area contributed by atoms with E-state index < -0.39 is 9.84 Å². The Morgan fingerprint density at radius 3 is 2.33 bits per heavy atom. The third kappa shape index (κ3) is 1.80. The van der Waals surface area contributed by atoms with E-state index in [4.69, 9.17) is 5.73 Å². The maximum absolute atomic E-state index is 11.4. The first-order chi connectivity index (χ1) is 5.45. The molecule has 0 aromatic heterocycles. The zero-order valence-corrected chi connectivity index (χ0v) is 8.47. The smallest absolute Gasteiger partial charge is 0.154 e. The van der Waals surface area contributed by atoms with E-state index in [1.54, 1.807) is 0 Å². The number of sulfone groups is 1. The van der Waals surface area contributed by atoms with E-state index in [2.05, 4.69) is 0 Å². The van der Waals surface area contributed by atoms with Crippen molar-refractivity contribution < 1.29 is 8.42 Å². The minimum Gasteiger partial charge on any atom is -0.326 e. The molecular weight excluding hydrogens is 174 g/mol. The van der Waals surface area contributed by atoms with Crippen LogP contribution >= 0.6 is 0 Å². The predicted octanol–water partition coefficient (Wildman–Crippen LogP) is 0.547. The summed E-state index contributed by atoms with van der Waals surface area (Å²) in [4.78, 5) is 0. The molecule has 1 rings (SSSR count). The lowest BCUT2D eigenvalue weighted by Crippen LogP contribution is -2.41. The lowest BCUT2D eigenvalue weighted by Gasteiger charge is -2.21. The van der Waals surface area contributed by atoms with Gasteiger partial charge in [-0.2, -0.15) is 0 Å². The highest BCUT2D eigenvalue weighted by atomic mass is 32.2. The van der Waals surface area contributed by atoms with Crippen LogP contribution in [0.1, 0.15) is 26.7 Å². The summed E-state index contributed by atoms with van der Waals surface area (Å²) >= 11 is 0. The number of rotatable bonds is 2. The van der Waals surface area contributed by atoms with E-state index >= 15 is 0 Å². The highest BCUT2D eigenvalue weighted by molar-refractivity contribution is 7.92. The molecule has 12 heavy (non-hydrogen) atoms. The molecule has 1 aliphatic rings. The molecular formula is C8H17NO2S. The first-order valence-corrected chi connectivity index (χ1v) is 6.14. The molecule has 0 aliphatic carbocycles. The van der Waals surface area contributed by atoms with Gasteiger partial charge >= 0.3 is 0 Å². The highest BCUT2D eigenvalue weighted by Gasteiger charge is 2.36. The number of hydrogen-bond donors (Lipinski definition) is 1. The van der Waals surface area contributed by atoms with Crippen molar-refractivity contribution in [3.8, 4) is 0 Å². The molecule has 1 aliphatic heterocycles. The Morgan fingerprint density at radius 1 is 1.42 bits per heavy atom. The Morgan fingerprint density at radius 2 is 2.00 bits per heavy atom. The van der Waals surface area contributed by atoms with Gasteiger partial charge in [-0.1, -0.05) is 13.8 Å². The van der Waals surface area contributed by atoms with Gasteiger partial charge < -0.3 is 5.73 Å². The third-order valence-electron chi connectivity index (χ3n) is 2.58. The summed E-state index contributed by atoms with van der Waals surface area (Å²) in [7, 11) is -2.86. The molecule has 1 saturated heterocycles. The van der Waals surface area contributed by atoms with Crippen LogP contribution in [0.2, 0.25) is 0 Å². The van der Waals surface area contributed by atoms with E-state index in [0.717, 1.165) is 12.8 Å². The Balaban J connectivity index is 2.76. The molecule has 0 aromatic carbocycles. The second kappa shape index (κ2) is 3.34. The van der Waals surface area contributed by atoms with Gasteiger partial charge in [0.05, 0.1) is 11.0 Å². The first kappa shape index (κ1) is 9.99. The largest absolute Gasteiger partial charge is 0.326 e. The highest BCUT2D eigenvalue weighted by Crippen LogP contribution is 2.24. The van der Waals surface area contributed by atoms with Crippen LogP contribution in [0.25, 0.3) is 0 Å². The molecule has 72 valence electrons. The number of hydrogen-bond acceptors (Lipinski definition) is 3. The van der Waals surface area contributed by atoms with Crippen molar-refractivity contribution in [3.05, 3.63) is 0 Å². The fraction of sp³-hybridized carbons (Fsp3) is 1.00. The van der Waals surface area contributed by atoms with Crippen LogP contribution in [-0.2, 0) is 9.84 Å². The lowest BCUT2D eigenvalue weighted by atomic mass is 9.99. The fourth-order valence-corrected chi connectivity index (χ4v) is 3.87. The van der Waals surface area contributed by atoms with E-state index in [-0.39, 0.29) is 17.2 Å². The average molecular weight is 191 g/mol. The topological polar surface area (TPSA) is 60.2 Å². The Hall–Kier alpha value is -0.0900. The van der Waals surface area contributed by atoms with Crippen molar-refractivity contribution in [2.75, 3.05) is 5.75 Å². The molecule has 0 radical (unpaired) electrons. The van der Waals surface area contributed by atoms with Crippen molar-refractivity contribution in [1.29, 1.82) is 0 Å². The van der Waals surface area contributed by atoms with Gasteiger partial charge in [-0.3, -0.25) is 0 Å². The van der Waals surface area contributed by atoms with E-state index in [9.17, 15) is 8.42 Å². The maximum atomic E-state index is 11.4. The molecule has 2 N–H and O–H groups in total. The van der Waals surface area contributed by atoms with Gasteiger partial charge in [0, 0.05) is 6.04 Å². The number of nitrogens with two attached hydrogens (primary N) is 1. The van der Waals surface area contributed by atoms with Gasteiger partial charge in [-0.25, -0.2) is 8.42 Å². The average Bonchev–Trinajstić information content (AvgIpc) is 2.27. The van der Waals surface area contributed by atoms with Gasteiger partial charge in [0.25, 0.3) is 0 Å². The van der Waals surface area contributed by atoms with Crippen LogP contribution in [-0.4, -0.2) is 25.5 Å². The lowest BCUT2D eigenvalue weighted by molar-refractivity contribution is 0.455. The molecule has 1 unspecified atom stereocenters. The fourth-order valence-electron chi connectivity index (χ4n) is 1.68. The summed E-state index contributed by atoms with van der Waals surface area (Å²) in [5.74, 6) is 0.584. The third-order valence-corrected chi connectivity index (χ3v) is 4.91.